The van der Waals surface area contributed by atoms with Gasteiger partial charge in [-0.05, 0) is 49.2 Å². The van der Waals surface area contributed by atoms with Crippen LogP contribution in [0.15, 0.2) is 60.7 Å². The van der Waals surface area contributed by atoms with E-state index in [4.69, 9.17) is 4.74 Å². The van der Waals surface area contributed by atoms with Crippen LogP contribution in [0, 0.1) is 5.82 Å². The molecule has 1 aliphatic heterocycles. The molecule has 0 radical (unpaired) electrons. The monoisotopic (exact) mass is 365 g/mol. The molecule has 27 heavy (non-hydrogen) atoms. The Balaban J connectivity index is 1.44. The molecule has 2 heterocycles. The number of hydrogen-bond donors (Lipinski definition) is 1. The Morgan fingerprint density at radius 2 is 1.93 bits per heavy atom. The van der Waals surface area contributed by atoms with Gasteiger partial charge >= 0.3 is 0 Å². The molecular formula is C21H20FN3O2. The summed E-state index contributed by atoms with van der Waals surface area (Å²) in [5.41, 5.74) is 1.47. The van der Waals surface area contributed by atoms with Gasteiger partial charge in [0.25, 0.3) is 5.91 Å². The lowest BCUT2D eigenvalue weighted by molar-refractivity contribution is 0.0706. The topological polar surface area (TPSA) is 58.2 Å². The number of para-hydroxylation sites is 1. The summed E-state index contributed by atoms with van der Waals surface area (Å²) in [6.45, 7) is 1.30. The molecule has 0 unspecified atom stereocenters. The molecule has 1 N–H and O–H groups in total. The third-order valence-corrected chi connectivity index (χ3v) is 4.78. The average molecular weight is 365 g/mol. The largest absolute Gasteiger partial charge is 0.438 e. The van der Waals surface area contributed by atoms with Gasteiger partial charge < -0.3 is 9.64 Å². The molecule has 0 spiro atoms. The van der Waals surface area contributed by atoms with Gasteiger partial charge in [0, 0.05) is 36.3 Å². The van der Waals surface area contributed by atoms with Crippen LogP contribution in [-0.4, -0.2) is 34.1 Å². The average Bonchev–Trinajstić information content (AvgIpc) is 3.17. The van der Waals surface area contributed by atoms with Crippen molar-refractivity contribution in [3.8, 4) is 11.6 Å². The van der Waals surface area contributed by atoms with E-state index in [2.05, 4.69) is 10.2 Å². The summed E-state index contributed by atoms with van der Waals surface area (Å²) in [4.78, 5) is 14.5. The second-order valence-corrected chi connectivity index (χ2v) is 6.67. The van der Waals surface area contributed by atoms with E-state index >= 15 is 0 Å². The van der Waals surface area contributed by atoms with Crippen molar-refractivity contribution in [2.24, 2.45) is 0 Å². The standard InChI is InChI=1S/C21H20FN3O2/c22-17-10-8-15(9-11-17)21(26)25-12-4-5-16(14-25)19-13-20(24-23-19)27-18-6-2-1-3-7-18/h1-3,6-11,13,16H,4-5,12,14H2,(H,23,24)/t16-/m0/s1. The summed E-state index contributed by atoms with van der Waals surface area (Å²) in [7, 11) is 0. The number of nitrogens with one attached hydrogen (secondary N) is 1. The second-order valence-electron chi connectivity index (χ2n) is 6.67. The van der Waals surface area contributed by atoms with Crippen LogP contribution in [-0.2, 0) is 0 Å². The third kappa shape index (κ3) is 4.00. The zero-order valence-corrected chi connectivity index (χ0v) is 14.8. The zero-order chi connectivity index (χ0) is 18.6. The number of aromatic amines is 1. The fourth-order valence-corrected chi connectivity index (χ4v) is 3.38. The molecule has 5 nitrogen and oxygen atoms in total. The van der Waals surface area contributed by atoms with Crippen molar-refractivity contribution in [2.75, 3.05) is 13.1 Å². The number of hydrogen-bond acceptors (Lipinski definition) is 3. The van der Waals surface area contributed by atoms with Crippen LogP contribution in [0.2, 0.25) is 0 Å². The molecule has 4 rings (SSSR count). The molecule has 1 amide bonds. The van der Waals surface area contributed by atoms with E-state index in [0.29, 0.717) is 24.5 Å². The smallest absolute Gasteiger partial charge is 0.253 e. The molecule has 1 aromatic heterocycles. The Morgan fingerprint density at radius 3 is 2.70 bits per heavy atom. The highest BCUT2D eigenvalue weighted by atomic mass is 19.1. The quantitative estimate of drug-likeness (QED) is 0.747. The van der Waals surface area contributed by atoms with Crippen LogP contribution in [0.4, 0.5) is 4.39 Å². The van der Waals surface area contributed by atoms with Gasteiger partial charge in [-0.2, -0.15) is 0 Å². The van der Waals surface area contributed by atoms with Crippen LogP contribution in [0.3, 0.4) is 0 Å². The van der Waals surface area contributed by atoms with Gasteiger partial charge in [-0.3, -0.25) is 9.89 Å². The van der Waals surface area contributed by atoms with Crippen LogP contribution >= 0.6 is 0 Å². The normalized spacial score (nSPS) is 16.9. The summed E-state index contributed by atoms with van der Waals surface area (Å²) in [5.74, 6) is 1.00. The van der Waals surface area contributed by atoms with Crippen LogP contribution < -0.4 is 4.74 Å². The van der Waals surface area contributed by atoms with Gasteiger partial charge in [-0.25, -0.2) is 4.39 Å². The maximum absolute atomic E-state index is 13.1. The van der Waals surface area contributed by atoms with Crippen molar-refractivity contribution in [1.29, 1.82) is 0 Å². The number of halogens is 1. The lowest BCUT2D eigenvalue weighted by atomic mass is 9.94. The molecule has 138 valence electrons. The summed E-state index contributed by atoms with van der Waals surface area (Å²) < 4.78 is 18.8. The van der Waals surface area contributed by atoms with Crippen molar-refractivity contribution in [3.05, 3.63) is 77.7 Å². The van der Waals surface area contributed by atoms with E-state index < -0.39 is 0 Å². The Labute approximate surface area is 156 Å². The summed E-state index contributed by atoms with van der Waals surface area (Å²) in [5, 5.41) is 7.27. The molecular weight excluding hydrogens is 345 g/mol. The number of piperidine rings is 1. The van der Waals surface area contributed by atoms with Gasteiger partial charge in [-0.15, -0.1) is 5.10 Å². The highest BCUT2D eigenvalue weighted by Crippen LogP contribution is 2.29. The molecule has 3 aromatic rings. The molecule has 1 aliphatic rings. The predicted octanol–water partition coefficient (Wildman–Crippen LogP) is 4.36. The van der Waals surface area contributed by atoms with Crippen molar-refractivity contribution < 1.29 is 13.9 Å². The lowest BCUT2D eigenvalue weighted by Crippen LogP contribution is -2.39. The van der Waals surface area contributed by atoms with Crippen molar-refractivity contribution in [1.82, 2.24) is 15.1 Å². The number of amides is 1. The number of aromatic nitrogens is 2. The number of ether oxygens (including phenoxy) is 1. The number of carbonyl (C=O) groups excluding carboxylic acids is 1. The minimum atomic E-state index is -0.341. The number of likely N-dealkylation sites (tertiary alicyclic amines) is 1. The van der Waals surface area contributed by atoms with Crippen molar-refractivity contribution >= 4 is 5.91 Å². The maximum Gasteiger partial charge on any atom is 0.253 e. The first kappa shape index (κ1) is 17.3. The molecule has 1 saturated heterocycles. The van der Waals surface area contributed by atoms with Gasteiger partial charge in [0.15, 0.2) is 0 Å². The number of nitrogens with zero attached hydrogens (tertiary/aromatic N) is 2. The summed E-state index contributed by atoms with van der Waals surface area (Å²) in [6.07, 6.45) is 1.88. The van der Waals surface area contributed by atoms with Gasteiger partial charge in [0.1, 0.15) is 11.6 Å². The van der Waals surface area contributed by atoms with E-state index in [1.165, 1.54) is 24.3 Å². The molecule has 6 heteroatoms. The highest BCUT2D eigenvalue weighted by Gasteiger charge is 2.27. The molecule has 0 aliphatic carbocycles. The Hall–Kier alpha value is -3.15. The molecule has 2 aromatic carbocycles. The summed E-state index contributed by atoms with van der Waals surface area (Å²) in [6, 6.07) is 17.1. The van der Waals surface area contributed by atoms with Crippen molar-refractivity contribution in [3.63, 3.8) is 0 Å². The second kappa shape index (κ2) is 7.61. The minimum Gasteiger partial charge on any atom is -0.438 e. The van der Waals surface area contributed by atoms with E-state index in [1.54, 1.807) is 0 Å². The van der Waals surface area contributed by atoms with Gasteiger partial charge in [-0.1, -0.05) is 18.2 Å². The minimum absolute atomic E-state index is 0.0695. The Kier molecular flexibility index (Phi) is 4.87. The lowest BCUT2D eigenvalue weighted by Gasteiger charge is -2.32. The van der Waals surface area contributed by atoms with Gasteiger partial charge in [0.2, 0.25) is 5.88 Å². The molecule has 1 atom stereocenters. The SMILES string of the molecule is O=C(c1ccc(F)cc1)N1CCC[C@H](c2cc(Oc3ccccc3)n[nH]2)C1. The molecule has 0 saturated carbocycles. The third-order valence-electron chi connectivity index (χ3n) is 4.78. The number of carbonyl (C=O) groups is 1. The van der Waals surface area contributed by atoms with Crippen LogP contribution in [0.25, 0.3) is 0 Å². The van der Waals surface area contributed by atoms with Crippen LogP contribution in [0.5, 0.6) is 11.6 Å². The number of benzene rings is 2. The maximum atomic E-state index is 13.1. The number of H-pyrrole nitrogens is 1. The van der Waals surface area contributed by atoms with E-state index in [0.717, 1.165) is 24.3 Å². The fraction of sp³-hybridized carbons (Fsp3) is 0.238. The first-order valence-electron chi connectivity index (χ1n) is 9.02. The highest BCUT2D eigenvalue weighted by molar-refractivity contribution is 5.94. The first-order valence-corrected chi connectivity index (χ1v) is 9.02. The van der Waals surface area contributed by atoms with Crippen LogP contribution in [0.1, 0.15) is 34.8 Å². The summed E-state index contributed by atoms with van der Waals surface area (Å²) >= 11 is 0. The van der Waals surface area contributed by atoms with Crippen molar-refractivity contribution in [2.45, 2.75) is 18.8 Å². The first-order chi connectivity index (χ1) is 13.2. The molecule has 1 fully saturated rings. The fourth-order valence-electron chi connectivity index (χ4n) is 3.38. The zero-order valence-electron chi connectivity index (χ0n) is 14.8. The number of rotatable bonds is 4. The predicted molar refractivity (Wildman–Crippen MR) is 99.4 cm³/mol. The van der Waals surface area contributed by atoms with E-state index in [-0.39, 0.29) is 17.6 Å². The molecule has 0 bridgehead atoms. The van der Waals surface area contributed by atoms with Gasteiger partial charge in [0.05, 0.1) is 0 Å². The van der Waals surface area contributed by atoms with E-state index in [1.807, 2.05) is 41.3 Å². The Morgan fingerprint density at radius 1 is 1.15 bits per heavy atom. The Bertz CT molecular complexity index is 909. The van der Waals surface area contributed by atoms with E-state index in [9.17, 15) is 9.18 Å².